The Labute approximate surface area is 610 Å². The van der Waals surface area contributed by atoms with E-state index in [1.54, 1.807) is 107 Å². The van der Waals surface area contributed by atoms with Crippen molar-refractivity contribution in [3.8, 4) is 0 Å². The number of aryl methyl sites for hydroxylation is 3. The van der Waals surface area contributed by atoms with Gasteiger partial charge in [0.05, 0.1) is 53.2 Å². The molecule has 528 valence electrons. The number of esters is 3. The predicted octanol–water partition coefficient (Wildman–Crippen LogP) is 11.9. The van der Waals surface area contributed by atoms with E-state index in [2.05, 4.69) is 97.0 Å². The van der Waals surface area contributed by atoms with Crippen LogP contribution in [-0.4, -0.2) is 139 Å². The summed E-state index contributed by atoms with van der Waals surface area (Å²) in [6, 6.07) is 41.4. The number of aromatic nitrogens is 12. The van der Waals surface area contributed by atoms with E-state index in [-0.39, 0.29) is 29.4 Å². The number of carboxylic acid groups (broad SMARTS) is 1. The number of pyridine rings is 12. The summed E-state index contributed by atoms with van der Waals surface area (Å²) in [4.78, 5) is 124. The lowest BCUT2D eigenvalue weighted by molar-refractivity contribution is -0.113. The van der Waals surface area contributed by atoms with Crippen LogP contribution in [0.4, 0.5) is 23.3 Å². The fraction of sp³-hybridized carbons (Fsp3) is 0.153. The van der Waals surface area contributed by atoms with Crippen molar-refractivity contribution in [1.82, 2.24) is 65.1 Å². The fourth-order valence-corrected chi connectivity index (χ4v) is 8.83. The molecular weight excluding hydrogens is 1470 g/mol. The first kappa shape index (κ1) is 79.7. The molecule has 28 nitrogen and oxygen atoms in total. The van der Waals surface area contributed by atoms with Crippen LogP contribution < -0.4 is 28.3 Å². The molecule has 0 saturated heterocycles. The summed E-state index contributed by atoms with van der Waals surface area (Å²) in [5.74, 6) is -0.327. The van der Waals surface area contributed by atoms with Gasteiger partial charge >= 0.3 is 23.9 Å². The number of fused-ring (bicyclic) bond motifs is 6. The van der Waals surface area contributed by atoms with Crippen LogP contribution >= 0.6 is 43.5 Å². The van der Waals surface area contributed by atoms with Gasteiger partial charge in [-0.3, -0.25) is 4.79 Å². The van der Waals surface area contributed by atoms with E-state index in [1.807, 2.05) is 81.4 Å². The van der Waals surface area contributed by atoms with Gasteiger partial charge in [0.1, 0.15) is 45.8 Å². The standard InChI is InChI=1S/C12H12N2O2.C11H9ClN2O2.C11H11N3O2.C11H11N3O.C10H8N2O2.C9H7BrN2.C5H7N3.C3H3BrO2/c1-3-16-12(15)10-6-9-5-4-8(2)14-11(9)13-7-10;2*1-2-16-11(15)8-5-7-3-4-9(12)14-10(7)13-6-8;1-7-3-4-8-5-9(11(15)12-2)6-13-10(8)14-7;1-6-2-3-7-4-8(10(13)14)5-11-9(7)12-6;10-7-2-3-8-6(5-7)1-4-9(11)12-8;6-4-2-1-3-5(7)8-4;4-3(1-5)2-6/h4-7H,3H2,1-2H3;3-6H,2H2,1H3;3-6H,2H2,1H3,(H2,12,13,14);3-6H,1-2H3,(H,12,15);2-5H,1H3,(H,13,14);1-5H,(H2,11,12);1-3H,(H4,6,7,8);1-3H. The first-order valence-corrected chi connectivity index (χ1v) is 32.9. The normalized spacial score (nSPS) is 10.1. The van der Waals surface area contributed by atoms with Crippen LogP contribution in [0.1, 0.15) is 89.6 Å². The number of nitrogen functional groups attached to an aromatic ring is 4. The highest BCUT2D eigenvalue weighted by molar-refractivity contribution is 9.10. The van der Waals surface area contributed by atoms with E-state index >= 15 is 0 Å². The molecule has 0 aliphatic rings. The van der Waals surface area contributed by atoms with E-state index < -0.39 is 10.8 Å². The zero-order valence-electron chi connectivity index (χ0n) is 56.4. The van der Waals surface area contributed by atoms with Gasteiger partial charge in [-0.05, 0) is 175 Å². The highest BCUT2D eigenvalue weighted by Crippen LogP contribution is 2.21. The van der Waals surface area contributed by atoms with Crippen LogP contribution in [0, 0.1) is 20.8 Å². The minimum absolute atomic E-state index is 0.134. The maximum absolute atomic E-state index is 11.5. The fourth-order valence-electron chi connectivity index (χ4n) is 8.31. The Morgan fingerprint density at radius 1 is 0.456 bits per heavy atom. The first-order valence-electron chi connectivity index (χ1n) is 30.8. The van der Waals surface area contributed by atoms with Gasteiger partial charge in [-0.25, -0.2) is 79.0 Å². The average Bonchev–Trinajstić information content (AvgIpc) is 0.857. The molecule has 1 aromatic carbocycles. The summed E-state index contributed by atoms with van der Waals surface area (Å²) in [5.41, 5.74) is 30.2. The Balaban J connectivity index is 0.000000187. The molecule has 31 heteroatoms. The number of carbonyl (C=O) groups excluding carboxylic acids is 6. The summed E-state index contributed by atoms with van der Waals surface area (Å²) in [5, 5.41) is 16.8. The maximum atomic E-state index is 11.5. The molecule has 0 atom stereocenters. The third kappa shape index (κ3) is 25.4. The van der Waals surface area contributed by atoms with Gasteiger partial charge in [0, 0.05) is 91.9 Å². The van der Waals surface area contributed by atoms with Gasteiger partial charge in [0.25, 0.3) is 5.91 Å². The molecule has 0 bridgehead atoms. The first-order chi connectivity index (χ1) is 49.3. The Bertz CT molecular complexity index is 4860. The molecule has 0 saturated carbocycles. The number of ether oxygens (including phenoxy) is 3. The van der Waals surface area contributed by atoms with E-state index in [1.165, 1.54) is 31.0 Å². The quantitative estimate of drug-likeness (QED) is 0.0185. The number of hydrogen-bond donors (Lipinski definition) is 6. The van der Waals surface area contributed by atoms with E-state index in [4.69, 9.17) is 53.9 Å². The van der Waals surface area contributed by atoms with E-state index in [9.17, 15) is 33.6 Å². The van der Waals surface area contributed by atoms with E-state index in [0.29, 0.717) is 111 Å². The van der Waals surface area contributed by atoms with E-state index in [0.717, 1.165) is 59.4 Å². The monoisotopic (exact) mass is 1540 g/mol. The number of rotatable bonds is 10. The lowest BCUT2D eigenvalue weighted by Crippen LogP contribution is -2.17. The third-order valence-electron chi connectivity index (χ3n) is 13.1. The zero-order valence-corrected chi connectivity index (χ0v) is 60.3. The number of aromatic carboxylic acids is 1. The Kier molecular flexibility index (Phi) is 31.0. The second-order valence-electron chi connectivity index (χ2n) is 20.9. The number of carbonyl (C=O) groups is 7. The van der Waals surface area contributed by atoms with Gasteiger partial charge < -0.3 is 57.2 Å². The van der Waals surface area contributed by atoms with Gasteiger partial charge in [0.2, 0.25) is 0 Å². The van der Waals surface area contributed by atoms with Crippen molar-refractivity contribution in [2.45, 2.75) is 46.4 Å². The molecule has 12 aromatic heterocycles. The van der Waals surface area contributed by atoms with Crippen LogP contribution in [0.3, 0.4) is 0 Å². The molecule has 0 aliphatic heterocycles. The van der Waals surface area contributed by atoms with Gasteiger partial charge in [0.15, 0.2) is 28.2 Å². The molecule has 1 amide bonds. The number of amides is 1. The molecule has 103 heavy (non-hydrogen) atoms. The molecule has 12 heterocycles. The number of aldehydes is 2. The number of benzene rings is 1. The Morgan fingerprint density at radius 2 is 0.806 bits per heavy atom. The smallest absolute Gasteiger partial charge is 0.339 e. The number of carboxylic acids is 1. The summed E-state index contributed by atoms with van der Waals surface area (Å²) in [7, 11) is 1.60. The van der Waals surface area contributed by atoms with Crippen LogP contribution in [0.2, 0.25) is 5.15 Å². The summed E-state index contributed by atoms with van der Waals surface area (Å²) >= 11 is 11.9. The molecule has 0 spiro atoms. The second kappa shape index (κ2) is 40.1. The molecule has 0 aliphatic carbocycles. The summed E-state index contributed by atoms with van der Waals surface area (Å²) in [6.07, 6.45) is 8.26. The molecule has 13 aromatic rings. The molecule has 0 unspecified atom stereocenters. The van der Waals surface area contributed by atoms with Crippen LogP contribution in [0.25, 0.3) is 66.1 Å². The number of nitrogens with one attached hydrogen (secondary N) is 1. The average molecular weight is 1540 g/mol. The molecule has 0 radical (unpaired) electrons. The van der Waals surface area contributed by atoms with Gasteiger partial charge in [-0.15, -0.1) is 0 Å². The number of nitrogens with zero attached hydrogens (tertiary/aromatic N) is 12. The largest absolute Gasteiger partial charge is 0.478 e. The molecule has 0 fully saturated rings. The predicted molar refractivity (Wildman–Crippen MR) is 401 cm³/mol. The topological polar surface area (TPSA) is 438 Å². The van der Waals surface area contributed by atoms with Crippen molar-refractivity contribution in [3.05, 3.63) is 225 Å². The number of hydrogen-bond acceptors (Lipinski definition) is 26. The highest BCUT2D eigenvalue weighted by Gasteiger charge is 2.13. The second-order valence-corrected chi connectivity index (χ2v) is 23.3. The SMILES string of the molecule is CCOC(=O)c1cnc2nc(C)ccc2c1.CCOC(=O)c1cnc2nc(Cl)ccc2c1.CCOC(=O)c1cnc2nc(N)ccc2c1.CNC(=O)c1cnc2nc(C)ccc2c1.Cc1ccc2cc(C(=O)O)cnc2n1.Nc1ccc2cc(Br)ccc2n1.Nc1cccc(N)n1.O=CC(Br)C=O. The van der Waals surface area contributed by atoms with Gasteiger partial charge in [-0.1, -0.05) is 49.5 Å². The van der Waals surface area contributed by atoms with Crippen molar-refractivity contribution in [1.29, 1.82) is 0 Å². The number of alkyl halides is 1. The minimum atomic E-state index is -0.972. The zero-order chi connectivity index (χ0) is 75.1. The van der Waals surface area contributed by atoms with Crippen LogP contribution in [0.15, 0.2) is 175 Å². The van der Waals surface area contributed by atoms with Crippen molar-refractivity contribution < 1.29 is 52.9 Å². The number of halogens is 3. The molecule has 10 N–H and O–H groups in total. The lowest BCUT2D eigenvalue weighted by Gasteiger charge is -2.02. The van der Waals surface area contributed by atoms with Crippen molar-refractivity contribution in [2.75, 3.05) is 49.8 Å². The van der Waals surface area contributed by atoms with Crippen LogP contribution in [0.5, 0.6) is 0 Å². The molecule has 13 rings (SSSR count). The minimum Gasteiger partial charge on any atom is -0.478 e. The maximum Gasteiger partial charge on any atom is 0.339 e. The summed E-state index contributed by atoms with van der Waals surface area (Å²) in [6.45, 7) is 12.0. The number of anilines is 4. The van der Waals surface area contributed by atoms with Crippen molar-refractivity contribution in [2.24, 2.45) is 0 Å². The lowest BCUT2D eigenvalue weighted by atomic mass is 10.2. The molecular formula is C72H68Br2ClN17O11. The Morgan fingerprint density at radius 3 is 1.19 bits per heavy atom. The van der Waals surface area contributed by atoms with Gasteiger partial charge in [-0.2, -0.15) is 0 Å². The third-order valence-corrected chi connectivity index (χ3v) is 14.2. The highest BCUT2D eigenvalue weighted by atomic mass is 79.9. The van der Waals surface area contributed by atoms with Crippen molar-refractivity contribution >= 4 is 175 Å². The van der Waals surface area contributed by atoms with Crippen molar-refractivity contribution in [3.63, 3.8) is 0 Å². The van der Waals surface area contributed by atoms with Crippen LogP contribution in [-0.2, 0) is 23.8 Å². The number of nitrogens with two attached hydrogens (primary N) is 4. The Hall–Kier alpha value is -12.3. The summed E-state index contributed by atoms with van der Waals surface area (Å²) < 4.78 is 15.7.